The first kappa shape index (κ1) is 10.2. The van der Waals surface area contributed by atoms with Crippen molar-refractivity contribution in [3.05, 3.63) is 18.0 Å². The first-order chi connectivity index (χ1) is 7.18. The van der Waals surface area contributed by atoms with Crippen LogP contribution in [-0.2, 0) is 11.8 Å². The normalized spacial score (nSPS) is 26.5. The average molecular weight is 209 g/mol. The van der Waals surface area contributed by atoms with Gasteiger partial charge < -0.3 is 10.4 Å². The van der Waals surface area contributed by atoms with Crippen molar-refractivity contribution in [2.45, 2.75) is 18.9 Å². The molecule has 1 fully saturated rings. The van der Waals surface area contributed by atoms with Gasteiger partial charge >= 0.3 is 5.97 Å². The standard InChI is InChI=1S/C10H15N3O2/c1-13-9(3-5-12-13)8-6-7(10(14)15)2-4-11-8/h3,5,7-8,11H,2,4,6H2,1H3,(H,14,15). The van der Waals surface area contributed by atoms with Crippen LogP contribution in [0.5, 0.6) is 0 Å². The van der Waals surface area contributed by atoms with Crippen molar-refractivity contribution < 1.29 is 9.90 Å². The number of nitrogens with zero attached hydrogens (tertiary/aromatic N) is 2. The minimum absolute atomic E-state index is 0.118. The Kier molecular flexibility index (Phi) is 2.73. The summed E-state index contributed by atoms with van der Waals surface area (Å²) in [6.07, 6.45) is 3.10. The number of carbonyl (C=O) groups is 1. The number of aromatic nitrogens is 2. The number of nitrogens with one attached hydrogen (secondary N) is 1. The number of piperidine rings is 1. The largest absolute Gasteiger partial charge is 0.481 e. The number of aryl methyl sites for hydroxylation is 1. The summed E-state index contributed by atoms with van der Waals surface area (Å²) < 4.78 is 1.79. The summed E-state index contributed by atoms with van der Waals surface area (Å²) in [7, 11) is 1.88. The van der Waals surface area contributed by atoms with Crippen LogP contribution >= 0.6 is 0 Å². The highest BCUT2D eigenvalue weighted by Gasteiger charge is 2.28. The molecule has 2 unspecified atom stereocenters. The van der Waals surface area contributed by atoms with E-state index in [4.69, 9.17) is 5.11 Å². The molecule has 0 saturated carbocycles. The Morgan fingerprint density at radius 1 is 1.73 bits per heavy atom. The molecule has 1 aliphatic heterocycles. The van der Waals surface area contributed by atoms with Crippen molar-refractivity contribution in [3.8, 4) is 0 Å². The zero-order valence-corrected chi connectivity index (χ0v) is 8.68. The molecule has 5 heteroatoms. The Bertz CT molecular complexity index is 361. The molecule has 5 nitrogen and oxygen atoms in total. The second-order valence-corrected chi connectivity index (χ2v) is 3.95. The van der Waals surface area contributed by atoms with Crippen molar-refractivity contribution in [3.63, 3.8) is 0 Å². The summed E-state index contributed by atoms with van der Waals surface area (Å²) in [4.78, 5) is 10.9. The first-order valence-electron chi connectivity index (χ1n) is 5.12. The fourth-order valence-electron chi connectivity index (χ4n) is 2.09. The Labute approximate surface area is 88.1 Å². The van der Waals surface area contributed by atoms with E-state index in [2.05, 4.69) is 10.4 Å². The highest BCUT2D eigenvalue weighted by molar-refractivity contribution is 5.70. The number of carboxylic acid groups (broad SMARTS) is 1. The molecule has 1 aromatic heterocycles. The molecule has 2 rings (SSSR count). The zero-order chi connectivity index (χ0) is 10.8. The van der Waals surface area contributed by atoms with E-state index in [0.717, 1.165) is 12.2 Å². The van der Waals surface area contributed by atoms with Crippen molar-refractivity contribution in [1.82, 2.24) is 15.1 Å². The maximum Gasteiger partial charge on any atom is 0.306 e. The Morgan fingerprint density at radius 2 is 2.53 bits per heavy atom. The van der Waals surface area contributed by atoms with E-state index in [-0.39, 0.29) is 12.0 Å². The molecule has 0 spiro atoms. The van der Waals surface area contributed by atoms with Crippen molar-refractivity contribution in [2.75, 3.05) is 6.54 Å². The molecular weight excluding hydrogens is 194 g/mol. The lowest BCUT2D eigenvalue weighted by molar-refractivity contribution is -0.143. The van der Waals surface area contributed by atoms with Crippen molar-refractivity contribution in [2.24, 2.45) is 13.0 Å². The maximum absolute atomic E-state index is 10.9. The van der Waals surface area contributed by atoms with Crippen LogP contribution in [0.1, 0.15) is 24.6 Å². The summed E-state index contributed by atoms with van der Waals surface area (Å²) in [6.45, 7) is 0.757. The topological polar surface area (TPSA) is 67.2 Å². The summed E-state index contributed by atoms with van der Waals surface area (Å²) in [6, 6.07) is 2.05. The molecule has 1 saturated heterocycles. The molecule has 0 radical (unpaired) electrons. The van der Waals surface area contributed by atoms with Gasteiger partial charge in [-0.1, -0.05) is 0 Å². The fourth-order valence-corrected chi connectivity index (χ4v) is 2.09. The van der Waals surface area contributed by atoms with Crippen LogP contribution in [0.3, 0.4) is 0 Å². The van der Waals surface area contributed by atoms with E-state index < -0.39 is 5.97 Å². The monoisotopic (exact) mass is 209 g/mol. The van der Waals surface area contributed by atoms with Crippen LogP contribution in [0.4, 0.5) is 0 Å². The molecule has 1 aliphatic rings. The van der Waals surface area contributed by atoms with Crippen LogP contribution in [-0.4, -0.2) is 27.4 Å². The molecule has 0 aromatic carbocycles. The Hall–Kier alpha value is -1.36. The molecule has 2 heterocycles. The van der Waals surface area contributed by atoms with Gasteiger partial charge in [0.15, 0.2) is 0 Å². The Morgan fingerprint density at radius 3 is 3.13 bits per heavy atom. The number of hydrogen-bond acceptors (Lipinski definition) is 3. The third-order valence-electron chi connectivity index (χ3n) is 2.97. The lowest BCUT2D eigenvalue weighted by Crippen LogP contribution is -2.35. The van der Waals surface area contributed by atoms with E-state index in [1.54, 1.807) is 10.9 Å². The molecule has 15 heavy (non-hydrogen) atoms. The van der Waals surface area contributed by atoms with Gasteiger partial charge in [-0.05, 0) is 25.5 Å². The van der Waals surface area contributed by atoms with Gasteiger partial charge in [-0.3, -0.25) is 9.48 Å². The third-order valence-corrected chi connectivity index (χ3v) is 2.97. The highest BCUT2D eigenvalue weighted by Crippen LogP contribution is 2.26. The Balaban J connectivity index is 2.11. The van der Waals surface area contributed by atoms with Crippen LogP contribution in [0, 0.1) is 5.92 Å². The lowest BCUT2D eigenvalue weighted by atomic mass is 9.91. The van der Waals surface area contributed by atoms with E-state index in [1.165, 1.54) is 0 Å². The highest BCUT2D eigenvalue weighted by atomic mass is 16.4. The van der Waals surface area contributed by atoms with E-state index >= 15 is 0 Å². The number of rotatable bonds is 2. The minimum Gasteiger partial charge on any atom is -0.481 e. The summed E-state index contributed by atoms with van der Waals surface area (Å²) in [5.41, 5.74) is 1.06. The number of aliphatic carboxylic acids is 1. The van der Waals surface area contributed by atoms with Gasteiger partial charge in [0.2, 0.25) is 0 Å². The second-order valence-electron chi connectivity index (χ2n) is 3.95. The van der Waals surface area contributed by atoms with Gasteiger partial charge in [0.05, 0.1) is 11.6 Å². The molecule has 1 aromatic rings. The summed E-state index contributed by atoms with van der Waals surface area (Å²) in [5, 5.41) is 16.4. The second kappa shape index (κ2) is 4.02. The van der Waals surface area contributed by atoms with Crippen LogP contribution in [0.25, 0.3) is 0 Å². The van der Waals surface area contributed by atoms with Crippen LogP contribution in [0.15, 0.2) is 12.3 Å². The SMILES string of the molecule is Cn1nccc1C1CC(C(=O)O)CCN1. The van der Waals surface area contributed by atoms with Crippen LogP contribution < -0.4 is 5.32 Å². The first-order valence-corrected chi connectivity index (χ1v) is 5.12. The summed E-state index contributed by atoms with van der Waals surface area (Å²) >= 11 is 0. The zero-order valence-electron chi connectivity index (χ0n) is 8.68. The van der Waals surface area contributed by atoms with E-state index in [1.807, 2.05) is 13.1 Å². The number of hydrogen-bond donors (Lipinski definition) is 2. The van der Waals surface area contributed by atoms with Gasteiger partial charge in [-0.15, -0.1) is 0 Å². The predicted octanol–water partition coefficient (Wildman–Crippen LogP) is 0.545. The van der Waals surface area contributed by atoms with Gasteiger partial charge in [0, 0.05) is 19.3 Å². The van der Waals surface area contributed by atoms with E-state index in [0.29, 0.717) is 12.8 Å². The molecule has 2 N–H and O–H groups in total. The van der Waals surface area contributed by atoms with Crippen molar-refractivity contribution in [1.29, 1.82) is 0 Å². The van der Waals surface area contributed by atoms with Gasteiger partial charge in [-0.25, -0.2) is 0 Å². The molecule has 0 bridgehead atoms. The van der Waals surface area contributed by atoms with Crippen molar-refractivity contribution >= 4 is 5.97 Å². The fraction of sp³-hybridized carbons (Fsp3) is 0.600. The van der Waals surface area contributed by atoms with Crippen LogP contribution in [0.2, 0.25) is 0 Å². The number of carboxylic acids is 1. The molecule has 0 aliphatic carbocycles. The average Bonchev–Trinajstić information content (AvgIpc) is 2.64. The molecule has 0 amide bonds. The van der Waals surface area contributed by atoms with Gasteiger partial charge in [-0.2, -0.15) is 5.10 Å². The lowest BCUT2D eigenvalue weighted by Gasteiger charge is -2.27. The predicted molar refractivity (Wildman–Crippen MR) is 54.3 cm³/mol. The molecule has 82 valence electrons. The van der Waals surface area contributed by atoms with Gasteiger partial charge in [0.25, 0.3) is 0 Å². The molecular formula is C10H15N3O2. The minimum atomic E-state index is -0.691. The summed E-state index contributed by atoms with van der Waals surface area (Å²) in [5.74, 6) is -0.921. The van der Waals surface area contributed by atoms with Gasteiger partial charge in [0.1, 0.15) is 0 Å². The third kappa shape index (κ3) is 2.02. The maximum atomic E-state index is 10.9. The molecule has 2 atom stereocenters. The quantitative estimate of drug-likeness (QED) is 0.746. The van der Waals surface area contributed by atoms with E-state index in [9.17, 15) is 4.79 Å². The smallest absolute Gasteiger partial charge is 0.306 e.